The second-order valence-corrected chi connectivity index (χ2v) is 10.9. The van der Waals surface area contributed by atoms with E-state index in [1.807, 2.05) is 13.8 Å². The van der Waals surface area contributed by atoms with Crippen LogP contribution in [0.15, 0.2) is 0 Å². The second-order valence-electron chi connectivity index (χ2n) is 6.79. The Labute approximate surface area is 113 Å². The largest absolute Gasteiger partial charge is 0.411 e. The summed E-state index contributed by atoms with van der Waals surface area (Å²) in [6, 6.07) is 0.887. The molecule has 0 radical (unpaired) electrons. The van der Waals surface area contributed by atoms with Crippen LogP contribution in [-0.4, -0.2) is 32.9 Å². The molecule has 1 aliphatic rings. The van der Waals surface area contributed by atoms with Crippen molar-refractivity contribution in [3.05, 3.63) is 0 Å². The van der Waals surface area contributed by atoms with Crippen molar-refractivity contribution in [2.45, 2.75) is 72.1 Å². The van der Waals surface area contributed by atoms with E-state index in [2.05, 4.69) is 40.8 Å². The van der Waals surface area contributed by atoms with Crippen LogP contribution in [0.4, 0.5) is 0 Å². The summed E-state index contributed by atoms with van der Waals surface area (Å²) >= 11 is 0. The van der Waals surface area contributed by atoms with Gasteiger partial charge in [-0.1, -0.05) is 13.8 Å². The molecule has 1 fully saturated rings. The summed E-state index contributed by atoms with van der Waals surface area (Å²) in [5.41, 5.74) is -0.431. The van der Waals surface area contributed by atoms with Crippen molar-refractivity contribution in [3.63, 3.8) is 0 Å². The monoisotopic (exact) mass is 274 g/mol. The summed E-state index contributed by atoms with van der Waals surface area (Å²) in [6.45, 7) is 18.6. The summed E-state index contributed by atoms with van der Waals surface area (Å²) < 4.78 is 18.7. The van der Waals surface area contributed by atoms with Gasteiger partial charge < -0.3 is 13.9 Å². The standard InChI is InChI=1S/C14H30O3Si/c1-9-15-14(16-10-2)11-18(7,8)17-13(5,6)12(14,3)4/h9-11H2,1-8H3. The van der Waals surface area contributed by atoms with Gasteiger partial charge in [0.05, 0.1) is 5.60 Å². The SMILES string of the molecule is CCOC1(OCC)C[Si](C)(C)OC(C)(C)C1(C)C. The summed E-state index contributed by atoms with van der Waals surface area (Å²) in [5.74, 6) is -0.520. The van der Waals surface area contributed by atoms with Crippen LogP contribution in [0.3, 0.4) is 0 Å². The Morgan fingerprint density at radius 3 is 1.83 bits per heavy atom. The summed E-state index contributed by atoms with van der Waals surface area (Å²) in [6.07, 6.45) is 0. The van der Waals surface area contributed by atoms with E-state index >= 15 is 0 Å². The summed E-state index contributed by atoms with van der Waals surface area (Å²) in [5, 5.41) is 0. The molecule has 108 valence electrons. The van der Waals surface area contributed by atoms with Gasteiger partial charge in [0.2, 0.25) is 0 Å². The minimum atomic E-state index is -1.77. The third kappa shape index (κ3) is 2.53. The fraction of sp³-hybridized carbons (Fsp3) is 1.00. The molecule has 0 unspecified atom stereocenters. The zero-order chi connectivity index (χ0) is 14.2. The average molecular weight is 274 g/mol. The molecule has 1 saturated heterocycles. The Morgan fingerprint density at radius 1 is 1.00 bits per heavy atom. The van der Waals surface area contributed by atoms with E-state index in [1.54, 1.807) is 0 Å². The molecule has 4 heteroatoms. The average Bonchev–Trinajstić information content (AvgIpc) is 2.13. The Hall–Kier alpha value is 0.0969. The molecule has 0 amide bonds. The molecule has 0 aromatic carbocycles. The molecule has 0 aromatic rings. The highest BCUT2D eigenvalue weighted by molar-refractivity contribution is 6.71. The number of hydrogen-bond donors (Lipinski definition) is 0. The lowest BCUT2D eigenvalue weighted by atomic mass is 9.70. The molecular weight excluding hydrogens is 244 g/mol. The van der Waals surface area contributed by atoms with Gasteiger partial charge in [0.25, 0.3) is 0 Å². The van der Waals surface area contributed by atoms with E-state index in [1.165, 1.54) is 0 Å². The molecule has 0 bridgehead atoms. The highest BCUT2D eigenvalue weighted by Crippen LogP contribution is 2.54. The van der Waals surface area contributed by atoms with Crippen LogP contribution >= 0.6 is 0 Å². The van der Waals surface area contributed by atoms with E-state index in [0.717, 1.165) is 6.04 Å². The highest BCUT2D eigenvalue weighted by atomic mass is 28.4. The maximum Gasteiger partial charge on any atom is 0.192 e. The zero-order valence-electron chi connectivity index (χ0n) is 13.3. The second kappa shape index (κ2) is 4.89. The lowest BCUT2D eigenvalue weighted by Gasteiger charge is -2.60. The minimum Gasteiger partial charge on any atom is -0.411 e. The number of ether oxygens (including phenoxy) is 2. The first-order valence-electron chi connectivity index (χ1n) is 7.02. The third-order valence-corrected chi connectivity index (χ3v) is 6.78. The Bertz CT molecular complexity index is 291. The number of hydrogen-bond acceptors (Lipinski definition) is 3. The molecule has 1 heterocycles. The van der Waals surface area contributed by atoms with Crippen molar-refractivity contribution in [3.8, 4) is 0 Å². The van der Waals surface area contributed by atoms with E-state index < -0.39 is 14.1 Å². The Kier molecular flexibility index (Phi) is 4.39. The predicted molar refractivity (Wildman–Crippen MR) is 77.2 cm³/mol. The van der Waals surface area contributed by atoms with Crippen LogP contribution in [-0.2, 0) is 13.9 Å². The van der Waals surface area contributed by atoms with E-state index in [9.17, 15) is 0 Å². The topological polar surface area (TPSA) is 27.7 Å². The summed E-state index contributed by atoms with van der Waals surface area (Å²) in [4.78, 5) is 0. The molecule has 3 nitrogen and oxygen atoms in total. The molecule has 0 N–H and O–H groups in total. The van der Waals surface area contributed by atoms with Crippen LogP contribution in [0.25, 0.3) is 0 Å². The van der Waals surface area contributed by atoms with Crippen molar-refractivity contribution in [1.82, 2.24) is 0 Å². The van der Waals surface area contributed by atoms with Crippen molar-refractivity contribution in [2.75, 3.05) is 13.2 Å². The van der Waals surface area contributed by atoms with Crippen LogP contribution in [0.5, 0.6) is 0 Å². The van der Waals surface area contributed by atoms with Gasteiger partial charge >= 0.3 is 0 Å². The lowest BCUT2D eigenvalue weighted by Crippen LogP contribution is -2.69. The van der Waals surface area contributed by atoms with E-state index in [0.29, 0.717) is 13.2 Å². The van der Waals surface area contributed by atoms with Gasteiger partial charge in [-0.2, -0.15) is 0 Å². The smallest absolute Gasteiger partial charge is 0.192 e. The van der Waals surface area contributed by atoms with Crippen LogP contribution in [0.1, 0.15) is 41.5 Å². The molecular formula is C14H30O3Si. The molecule has 0 saturated carbocycles. The van der Waals surface area contributed by atoms with Gasteiger partial charge in [0, 0.05) is 24.7 Å². The maximum absolute atomic E-state index is 6.40. The fourth-order valence-electron chi connectivity index (χ4n) is 3.07. The fourth-order valence-corrected chi connectivity index (χ4v) is 6.54. The van der Waals surface area contributed by atoms with Crippen LogP contribution in [0, 0.1) is 5.41 Å². The first-order chi connectivity index (χ1) is 8.04. The Morgan fingerprint density at radius 2 is 1.44 bits per heavy atom. The first-order valence-corrected chi connectivity index (χ1v) is 10.1. The van der Waals surface area contributed by atoms with Gasteiger partial charge in [-0.05, 0) is 40.8 Å². The summed E-state index contributed by atoms with van der Waals surface area (Å²) in [7, 11) is -1.77. The van der Waals surface area contributed by atoms with E-state index in [-0.39, 0.29) is 11.0 Å². The minimum absolute atomic E-state index is 0.186. The molecule has 0 aliphatic carbocycles. The van der Waals surface area contributed by atoms with Crippen LogP contribution in [0.2, 0.25) is 19.1 Å². The quantitative estimate of drug-likeness (QED) is 0.576. The molecule has 0 aromatic heterocycles. The zero-order valence-corrected chi connectivity index (χ0v) is 14.3. The maximum atomic E-state index is 6.40. The van der Waals surface area contributed by atoms with Gasteiger partial charge in [-0.3, -0.25) is 0 Å². The molecule has 0 spiro atoms. The Balaban J connectivity index is 3.25. The van der Waals surface area contributed by atoms with Gasteiger partial charge in [0.15, 0.2) is 14.1 Å². The van der Waals surface area contributed by atoms with Crippen molar-refractivity contribution < 1.29 is 13.9 Å². The normalized spacial score (nSPS) is 28.0. The highest BCUT2D eigenvalue weighted by Gasteiger charge is 2.63. The molecule has 1 rings (SSSR count). The van der Waals surface area contributed by atoms with Crippen molar-refractivity contribution in [2.24, 2.45) is 5.41 Å². The van der Waals surface area contributed by atoms with Gasteiger partial charge in [0.1, 0.15) is 0 Å². The van der Waals surface area contributed by atoms with Crippen LogP contribution < -0.4 is 0 Å². The van der Waals surface area contributed by atoms with Crippen molar-refractivity contribution in [1.29, 1.82) is 0 Å². The first kappa shape index (κ1) is 16.2. The number of rotatable bonds is 4. The van der Waals surface area contributed by atoms with Gasteiger partial charge in [-0.25, -0.2) is 0 Å². The molecule has 18 heavy (non-hydrogen) atoms. The van der Waals surface area contributed by atoms with E-state index in [4.69, 9.17) is 13.9 Å². The lowest BCUT2D eigenvalue weighted by molar-refractivity contribution is -0.321. The predicted octanol–water partition coefficient (Wildman–Crippen LogP) is 3.80. The van der Waals surface area contributed by atoms with Gasteiger partial charge in [-0.15, -0.1) is 0 Å². The molecule has 0 atom stereocenters. The van der Waals surface area contributed by atoms with Crippen molar-refractivity contribution >= 4 is 8.32 Å². The third-order valence-electron chi connectivity index (χ3n) is 4.40. The molecule has 1 aliphatic heterocycles.